The summed E-state index contributed by atoms with van der Waals surface area (Å²) in [5.41, 5.74) is 1.73. The maximum atomic E-state index is 12.3. The maximum Gasteiger partial charge on any atom is 0.255 e. The first-order valence-corrected chi connectivity index (χ1v) is 7.91. The first-order chi connectivity index (χ1) is 10.1. The number of rotatable bonds is 4. The second-order valence-corrected chi connectivity index (χ2v) is 5.95. The van der Waals surface area contributed by atoms with E-state index < -0.39 is 0 Å². The van der Waals surface area contributed by atoms with Crippen molar-refractivity contribution in [3.8, 4) is 0 Å². The van der Waals surface area contributed by atoms with Gasteiger partial charge in [-0.25, -0.2) is 0 Å². The van der Waals surface area contributed by atoms with E-state index in [1.54, 1.807) is 19.0 Å². The molecule has 0 aliphatic carbocycles. The van der Waals surface area contributed by atoms with Crippen LogP contribution in [0, 0.1) is 0 Å². The highest BCUT2D eigenvalue weighted by atomic mass is 16.2. The summed E-state index contributed by atoms with van der Waals surface area (Å²) in [5.74, 6) is 0.0573. The Morgan fingerprint density at radius 3 is 2.76 bits per heavy atom. The summed E-state index contributed by atoms with van der Waals surface area (Å²) in [6, 6.07) is 8.29. The van der Waals surface area contributed by atoms with Gasteiger partial charge in [0, 0.05) is 32.4 Å². The molecule has 1 heterocycles. The number of nitrogens with one attached hydrogen (secondary N) is 1. The second-order valence-electron chi connectivity index (χ2n) is 5.95. The third kappa shape index (κ3) is 4.21. The van der Waals surface area contributed by atoms with E-state index in [9.17, 15) is 4.79 Å². The second kappa shape index (κ2) is 7.46. The van der Waals surface area contributed by atoms with E-state index in [1.807, 2.05) is 24.3 Å². The molecule has 1 amide bonds. The van der Waals surface area contributed by atoms with Crippen molar-refractivity contribution < 1.29 is 4.79 Å². The molecule has 1 unspecified atom stereocenters. The third-order valence-electron chi connectivity index (χ3n) is 4.19. The average molecular weight is 289 g/mol. The van der Waals surface area contributed by atoms with Crippen LogP contribution in [0.25, 0.3) is 0 Å². The van der Waals surface area contributed by atoms with Crippen molar-refractivity contribution >= 4 is 11.6 Å². The third-order valence-corrected chi connectivity index (χ3v) is 4.19. The van der Waals surface area contributed by atoms with Gasteiger partial charge in [0.15, 0.2) is 0 Å². The van der Waals surface area contributed by atoms with Gasteiger partial charge in [-0.15, -0.1) is 0 Å². The first kappa shape index (κ1) is 15.8. The van der Waals surface area contributed by atoms with Crippen molar-refractivity contribution in [3.05, 3.63) is 29.8 Å². The zero-order valence-electron chi connectivity index (χ0n) is 13.4. The number of carbonyl (C=O) groups excluding carboxylic acids is 1. The van der Waals surface area contributed by atoms with Crippen molar-refractivity contribution in [1.82, 2.24) is 9.80 Å². The molecular formula is C17H27N3O. The number of anilines is 1. The fraction of sp³-hybridized carbons (Fsp3) is 0.588. The van der Waals surface area contributed by atoms with Crippen molar-refractivity contribution in [2.75, 3.05) is 39.0 Å². The van der Waals surface area contributed by atoms with Gasteiger partial charge in [0.2, 0.25) is 0 Å². The average Bonchev–Trinajstić information content (AvgIpc) is 2.72. The van der Waals surface area contributed by atoms with E-state index in [-0.39, 0.29) is 5.91 Å². The lowest BCUT2D eigenvalue weighted by Crippen LogP contribution is -2.27. The molecule has 1 aromatic rings. The fourth-order valence-corrected chi connectivity index (χ4v) is 2.87. The van der Waals surface area contributed by atoms with Gasteiger partial charge < -0.3 is 15.1 Å². The van der Waals surface area contributed by atoms with Crippen LogP contribution in [0.3, 0.4) is 0 Å². The van der Waals surface area contributed by atoms with Crippen LogP contribution in [0.2, 0.25) is 0 Å². The number of benzene rings is 1. The summed E-state index contributed by atoms with van der Waals surface area (Å²) in [6.45, 7) is 5.67. The standard InChI is InChI=1S/C17H27N3O/c1-4-20-12-7-8-14(11-13-20)18-16-10-6-5-9-15(16)17(21)19(2)3/h5-6,9-10,14,18H,4,7-8,11-13H2,1-3H3. The van der Waals surface area contributed by atoms with Gasteiger partial charge in [-0.1, -0.05) is 19.1 Å². The quantitative estimate of drug-likeness (QED) is 0.925. The summed E-state index contributed by atoms with van der Waals surface area (Å²) >= 11 is 0. The predicted molar refractivity (Wildman–Crippen MR) is 87.8 cm³/mol. The molecule has 1 atom stereocenters. The van der Waals surface area contributed by atoms with Crippen LogP contribution >= 0.6 is 0 Å². The molecule has 1 aliphatic rings. The summed E-state index contributed by atoms with van der Waals surface area (Å²) in [7, 11) is 3.59. The molecule has 1 N–H and O–H groups in total. The highest BCUT2D eigenvalue weighted by Crippen LogP contribution is 2.21. The molecule has 0 spiro atoms. The number of amides is 1. The lowest BCUT2D eigenvalue weighted by atomic mass is 10.1. The van der Waals surface area contributed by atoms with E-state index in [1.165, 1.54) is 19.4 Å². The van der Waals surface area contributed by atoms with Gasteiger partial charge >= 0.3 is 0 Å². The number of para-hydroxylation sites is 1. The molecule has 2 rings (SSSR count). The summed E-state index contributed by atoms with van der Waals surface area (Å²) in [6.07, 6.45) is 3.52. The first-order valence-electron chi connectivity index (χ1n) is 7.91. The number of carbonyl (C=O) groups is 1. The molecule has 4 heteroatoms. The van der Waals surface area contributed by atoms with Crippen LogP contribution in [0.4, 0.5) is 5.69 Å². The minimum atomic E-state index is 0.0573. The number of nitrogens with zero attached hydrogens (tertiary/aromatic N) is 2. The Hall–Kier alpha value is -1.55. The maximum absolute atomic E-state index is 12.3. The lowest BCUT2D eigenvalue weighted by Gasteiger charge is -2.21. The van der Waals surface area contributed by atoms with Gasteiger partial charge in [-0.2, -0.15) is 0 Å². The number of hydrogen-bond acceptors (Lipinski definition) is 3. The Kier molecular flexibility index (Phi) is 5.62. The van der Waals surface area contributed by atoms with E-state index in [0.29, 0.717) is 6.04 Å². The largest absolute Gasteiger partial charge is 0.382 e. The van der Waals surface area contributed by atoms with Crippen molar-refractivity contribution in [2.24, 2.45) is 0 Å². The van der Waals surface area contributed by atoms with Crippen molar-refractivity contribution in [1.29, 1.82) is 0 Å². The topological polar surface area (TPSA) is 35.6 Å². The SMILES string of the molecule is CCN1CCCC(Nc2ccccc2C(=O)N(C)C)CC1. The lowest BCUT2D eigenvalue weighted by molar-refractivity contribution is 0.0828. The molecule has 1 saturated heterocycles. The predicted octanol–water partition coefficient (Wildman–Crippen LogP) is 2.67. The van der Waals surface area contributed by atoms with Gasteiger partial charge in [0.05, 0.1) is 5.56 Å². The minimum Gasteiger partial charge on any atom is -0.382 e. The smallest absolute Gasteiger partial charge is 0.255 e. The fourth-order valence-electron chi connectivity index (χ4n) is 2.87. The van der Waals surface area contributed by atoms with E-state index in [0.717, 1.165) is 30.8 Å². The van der Waals surface area contributed by atoms with Gasteiger partial charge in [0.25, 0.3) is 5.91 Å². The Labute approximate surface area is 128 Å². The van der Waals surface area contributed by atoms with E-state index in [4.69, 9.17) is 0 Å². The van der Waals surface area contributed by atoms with Gasteiger partial charge in [-0.05, 0) is 44.5 Å². The molecule has 1 aromatic carbocycles. The molecule has 0 bridgehead atoms. The Morgan fingerprint density at radius 2 is 2.05 bits per heavy atom. The van der Waals surface area contributed by atoms with Crippen molar-refractivity contribution in [3.63, 3.8) is 0 Å². The van der Waals surface area contributed by atoms with Crippen LogP contribution < -0.4 is 5.32 Å². The van der Waals surface area contributed by atoms with Crippen LogP contribution in [0.1, 0.15) is 36.5 Å². The zero-order chi connectivity index (χ0) is 15.2. The normalized spacial score (nSPS) is 19.9. The Balaban J connectivity index is 2.07. The Bertz CT molecular complexity index is 473. The molecule has 116 valence electrons. The van der Waals surface area contributed by atoms with E-state index >= 15 is 0 Å². The molecule has 0 radical (unpaired) electrons. The number of hydrogen-bond donors (Lipinski definition) is 1. The van der Waals surface area contributed by atoms with Gasteiger partial charge in [-0.3, -0.25) is 4.79 Å². The summed E-state index contributed by atoms with van der Waals surface area (Å²) in [5, 5.41) is 3.60. The number of likely N-dealkylation sites (tertiary alicyclic amines) is 1. The monoisotopic (exact) mass is 289 g/mol. The Morgan fingerprint density at radius 1 is 1.29 bits per heavy atom. The summed E-state index contributed by atoms with van der Waals surface area (Å²) < 4.78 is 0. The van der Waals surface area contributed by atoms with Crippen LogP contribution in [-0.4, -0.2) is 55.5 Å². The highest BCUT2D eigenvalue weighted by molar-refractivity contribution is 5.99. The molecule has 21 heavy (non-hydrogen) atoms. The molecule has 0 aromatic heterocycles. The van der Waals surface area contributed by atoms with Crippen LogP contribution in [0.15, 0.2) is 24.3 Å². The molecular weight excluding hydrogens is 262 g/mol. The highest BCUT2D eigenvalue weighted by Gasteiger charge is 2.18. The molecule has 1 aliphatic heterocycles. The van der Waals surface area contributed by atoms with Gasteiger partial charge in [0.1, 0.15) is 0 Å². The zero-order valence-corrected chi connectivity index (χ0v) is 13.4. The molecule has 1 fully saturated rings. The molecule has 4 nitrogen and oxygen atoms in total. The van der Waals surface area contributed by atoms with E-state index in [2.05, 4.69) is 17.1 Å². The molecule has 0 saturated carbocycles. The van der Waals surface area contributed by atoms with Crippen LogP contribution in [0.5, 0.6) is 0 Å². The van der Waals surface area contributed by atoms with Crippen LogP contribution in [-0.2, 0) is 0 Å². The van der Waals surface area contributed by atoms with Crippen molar-refractivity contribution in [2.45, 2.75) is 32.2 Å². The summed E-state index contributed by atoms with van der Waals surface area (Å²) in [4.78, 5) is 16.4. The minimum absolute atomic E-state index is 0.0573.